The van der Waals surface area contributed by atoms with Crippen molar-refractivity contribution in [3.63, 3.8) is 0 Å². The number of aryl methyl sites for hydroxylation is 2. The molecule has 1 unspecified atom stereocenters. The molecular weight excluding hydrogens is 204 g/mol. The molecule has 4 heteroatoms. The topological polar surface area (TPSA) is 61.4 Å². The van der Waals surface area contributed by atoms with E-state index < -0.39 is 6.10 Å². The van der Waals surface area contributed by atoms with Gasteiger partial charge >= 0.3 is 6.03 Å². The molecule has 0 bridgehead atoms. The second-order valence-corrected chi connectivity index (χ2v) is 3.95. The summed E-state index contributed by atoms with van der Waals surface area (Å²) < 4.78 is 0. The van der Waals surface area contributed by atoms with Gasteiger partial charge in [-0.2, -0.15) is 0 Å². The van der Waals surface area contributed by atoms with Crippen molar-refractivity contribution in [1.82, 2.24) is 5.32 Å². The third-order valence-corrected chi connectivity index (χ3v) is 2.28. The number of carbonyl (C=O) groups is 1. The van der Waals surface area contributed by atoms with Gasteiger partial charge in [-0.3, -0.25) is 0 Å². The lowest BCUT2D eigenvalue weighted by atomic mass is 10.1. The third kappa shape index (κ3) is 3.55. The molecule has 1 aromatic carbocycles. The lowest BCUT2D eigenvalue weighted by Gasteiger charge is -2.13. The molecule has 4 nitrogen and oxygen atoms in total. The first-order chi connectivity index (χ1) is 7.50. The molecule has 0 spiro atoms. The van der Waals surface area contributed by atoms with Gasteiger partial charge in [-0.1, -0.05) is 18.2 Å². The van der Waals surface area contributed by atoms with Crippen LogP contribution in [0.5, 0.6) is 0 Å². The van der Waals surface area contributed by atoms with E-state index in [2.05, 4.69) is 10.6 Å². The molecule has 88 valence electrons. The van der Waals surface area contributed by atoms with Crippen molar-refractivity contribution in [1.29, 1.82) is 0 Å². The van der Waals surface area contributed by atoms with Gasteiger partial charge < -0.3 is 15.7 Å². The summed E-state index contributed by atoms with van der Waals surface area (Å²) in [6.07, 6.45) is -0.538. The van der Waals surface area contributed by atoms with E-state index >= 15 is 0 Å². The van der Waals surface area contributed by atoms with Crippen LogP contribution < -0.4 is 10.6 Å². The fourth-order valence-corrected chi connectivity index (χ4v) is 1.41. The number of hydrogen-bond donors (Lipinski definition) is 3. The Labute approximate surface area is 95.7 Å². The predicted molar refractivity (Wildman–Crippen MR) is 64.6 cm³/mol. The molecule has 0 aromatic heterocycles. The average molecular weight is 222 g/mol. The van der Waals surface area contributed by atoms with E-state index in [0.29, 0.717) is 0 Å². The van der Waals surface area contributed by atoms with Crippen molar-refractivity contribution in [2.45, 2.75) is 26.9 Å². The molecule has 1 aromatic rings. The summed E-state index contributed by atoms with van der Waals surface area (Å²) in [4.78, 5) is 11.5. The fourth-order valence-electron chi connectivity index (χ4n) is 1.41. The molecular formula is C12H18N2O2. The molecule has 0 aliphatic rings. The number of urea groups is 1. The van der Waals surface area contributed by atoms with Crippen LogP contribution in [0.25, 0.3) is 0 Å². The average Bonchev–Trinajstić information content (AvgIpc) is 2.21. The normalized spacial score (nSPS) is 12.0. The van der Waals surface area contributed by atoms with E-state index in [1.54, 1.807) is 6.92 Å². The second kappa shape index (κ2) is 5.51. The van der Waals surface area contributed by atoms with Gasteiger partial charge in [-0.15, -0.1) is 0 Å². The number of anilines is 1. The molecule has 0 saturated heterocycles. The number of para-hydroxylation sites is 1. The zero-order valence-corrected chi connectivity index (χ0v) is 9.87. The van der Waals surface area contributed by atoms with Gasteiger partial charge in [0.25, 0.3) is 0 Å². The van der Waals surface area contributed by atoms with E-state index in [9.17, 15) is 4.79 Å². The molecule has 2 amide bonds. The van der Waals surface area contributed by atoms with Gasteiger partial charge in [-0.05, 0) is 31.9 Å². The minimum Gasteiger partial charge on any atom is -0.392 e. The number of benzene rings is 1. The highest BCUT2D eigenvalue weighted by molar-refractivity contribution is 5.90. The summed E-state index contributed by atoms with van der Waals surface area (Å²) in [6.45, 7) is 5.75. The zero-order valence-electron chi connectivity index (χ0n) is 9.87. The van der Waals surface area contributed by atoms with Crippen LogP contribution in [0.4, 0.5) is 10.5 Å². The van der Waals surface area contributed by atoms with Crippen LogP contribution in [-0.2, 0) is 0 Å². The maximum absolute atomic E-state index is 11.5. The van der Waals surface area contributed by atoms with Crippen molar-refractivity contribution in [2.75, 3.05) is 11.9 Å². The van der Waals surface area contributed by atoms with Crippen LogP contribution in [0.2, 0.25) is 0 Å². The van der Waals surface area contributed by atoms with Crippen molar-refractivity contribution in [3.05, 3.63) is 29.3 Å². The van der Waals surface area contributed by atoms with E-state index in [-0.39, 0.29) is 12.6 Å². The van der Waals surface area contributed by atoms with Gasteiger partial charge in [0.2, 0.25) is 0 Å². The largest absolute Gasteiger partial charge is 0.392 e. The molecule has 0 heterocycles. The van der Waals surface area contributed by atoms with E-state index in [0.717, 1.165) is 16.8 Å². The Morgan fingerprint density at radius 1 is 1.38 bits per heavy atom. The monoisotopic (exact) mass is 222 g/mol. The van der Waals surface area contributed by atoms with Crippen LogP contribution >= 0.6 is 0 Å². The molecule has 0 fully saturated rings. The Bertz CT molecular complexity index is 355. The summed E-state index contributed by atoms with van der Waals surface area (Å²) in [7, 11) is 0. The van der Waals surface area contributed by atoms with E-state index in [1.807, 2.05) is 32.0 Å². The first-order valence-electron chi connectivity index (χ1n) is 5.30. The number of hydrogen-bond acceptors (Lipinski definition) is 2. The Kier molecular flexibility index (Phi) is 4.31. The molecule has 0 radical (unpaired) electrons. The van der Waals surface area contributed by atoms with Gasteiger partial charge in [0, 0.05) is 12.2 Å². The second-order valence-electron chi connectivity index (χ2n) is 3.95. The number of carbonyl (C=O) groups excluding carboxylic acids is 1. The number of aliphatic hydroxyl groups excluding tert-OH is 1. The summed E-state index contributed by atoms with van der Waals surface area (Å²) in [6, 6.07) is 5.54. The summed E-state index contributed by atoms with van der Waals surface area (Å²) in [5.74, 6) is 0. The number of nitrogens with one attached hydrogen (secondary N) is 2. The standard InChI is InChI=1S/C12H18N2O2/c1-8-5-4-6-9(2)11(8)14-12(16)13-7-10(3)15/h4-6,10,15H,7H2,1-3H3,(H2,13,14,16). The van der Waals surface area contributed by atoms with E-state index in [4.69, 9.17) is 5.11 Å². The van der Waals surface area contributed by atoms with Crippen LogP contribution in [0.1, 0.15) is 18.1 Å². The lowest BCUT2D eigenvalue weighted by molar-refractivity contribution is 0.190. The third-order valence-electron chi connectivity index (χ3n) is 2.28. The van der Waals surface area contributed by atoms with E-state index in [1.165, 1.54) is 0 Å². The predicted octanol–water partition coefficient (Wildman–Crippen LogP) is 1.81. The summed E-state index contributed by atoms with van der Waals surface area (Å²) in [5, 5.41) is 14.4. The van der Waals surface area contributed by atoms with Crippen molar-refractivity contribution in [2.24, 2.45) is 0 Å². The Morgan fingerprint density at radius 2 is 1.94 bits per heavy atom. The Morgan fingerprint density at radius 3 is 2.44 bits per heavy atom. The molecule has 1 rings (SSSR count). The van der Waals surface area contributed by atoms with Crippen LogP contribution in [0.15, 0.2) is 18.2 Å². The SMILES string of the molecule is Cc1cccc(C)c1NC(=O)NCC(C)O. The molecule has 0 saturated carbocycles. The smallest absolute Gasteiger partial charge is 0.319 e. The number of rotatable bonds is 3. The highest BCUT2D eigenvalue weighted by atomic mass is 16.3. The first kappa shape index (κ1) is 12.5. The molecule has 16 heavy (non-hydrogen) atoms. The van der Waals surface area contributed by atoms with Gasteiger partial charge in [0.05, 0.1) is 6.10 Å². The van der Waals surface area contributed by atoms with Crippen LogP contribution in [0.3, 0.4) is 0 Å². The van der Waals surface area contributed by atoms with Crippen molar-refractivity contribution < 1.29 is 9.90 Å². The minimum atomic E-state index is -0.538. The quantitative estimate of drug-likeness (QED) is 0.730. The maximum Gasteiger partial charge on any atom is 0.319 e. The Balaban J connectivity index is 2.63. The highest BCUT2D eigenvalue weighted by Gasteiger charge is 2.06. The fraction of sp³-hybridized carbons (Fsp3) is 0.417. The Hall–Kier alpha value is -1.55. The summed E-state index contributed by atoms with van der Waals surface area (Å²) >= 11 is 0. The molecule has 1 atom stereocenters. The summed E-state index contributed by atoms with van der Waals surface area (Å²) in [5.41, 5.74) is 2.87. The lowest BCUT2D eigenvalue weighted by Crippen LogP contribution is -2.34. The number of aliphatic hydroxyl groups is 1. The van der Waals surface area contributed by atoms with Crippen LogP contribution in [-0.4, -0.2) is 23.8 Å². The molecule has 0 aliphatic heterocycles. The number of amides is 2. The van der Waals surface area contributed by atoms with Crippen molar-refractivity contribution >= 4 is 11.7 Å². The first-order valence-corrected chi connectivity index (χ1v) is 5.30. The van der Waals surface area contributed by atoms with Gasteiger partial charge in [-0.25, -0.2) is 4.79 Å². The minimum absolute atomic E-state index is 0.247. The zero-order chi connectivity index (χ0) is 12.1. The maximum atomic E-state index is 11.5. The highest BCUT2D eigenvalue weighted by Crippen LogP contribution is 2.18. The molecule has 0 aliphatic carbocycles. The molecule has 3 N–H and O–H groups in total. The van der Waals surface area contributed by atoms with Crippen molar-refractivity contribution in [3.8, 4) is 0 Å². The van der Waals surface area contributed by atoms with Crippen LogP contribution in [0, 0.1) is 13.8 Å². The van der Waals surface area contributed by atoms with Gasteiger partial charge in [0.15, 0.2) is 0 Å². The van der Waals surface area contributed by atoms with Gasteiger partial charge in [0.1, 0.15) is 0 Å².